The Bertz CT molecular complexity index is 1680. The highest BCUT2D eigenvalue weighted by atomic mass is 28.3. The highest BCUT2D eigenvalue weighted by Gasteiger charge is 2.44. The van der Waals surface area contributed by atoms with Gasteiger partial charge in [0.15, 0.2) is 5.65 Å². The first kappa shape index (κ1) is 33.1. The summed E-state index contributed by atoms with van der Waals surface area (Å²) >= 11 is 0. The number of fused-ring (bicyclic) bond motifs is 3. The molecule has 10 nitrogen and oxygen atoms in total. The normalized spacial score (nSPS) is 20.0. The van der Waals surface area contributed by atoms with E-state index in [9.17, 15) is 4.79 Å². The Morgan fingerprint density at radius 3 is 2.38 bits per heavy atom. The molecular formula is C36H48N6O4Si. The van der Waals surface area contributed by atoms with E-state index in [0.29, 0.717) is 19.9 Å². The number of anilines is 1. The van der Waals surface area contributed by atoms with Gasteiger partial charge >= 0.3 is 6.09 Å². The van der Waals surface area contributed by atoms with Gasteiger partial charge in [0.25, 0.3) is 0 Å². The zero-order chi connectivity index (χ0) is 33.3. The second-order valence-corrected chi connectivity index (χ2v) is 20.6. The zero-order valence-electron chi connectivity index (χ0n) is 28.7. The molecule has 6 rings (SSSR count). The van der Waals surface area contributed by atoms with Crippen LogP contribution in [0.15, 0.2) is 54.9 Å². The summed E-state index contributed by atoms with van der Waals surface area (Å²) in [4.78, 5) is 25.3. The van der Waals surface area contributed by atoms with Crippen LogP contribution in [0.4, 0.5) is 10.6 Å². The molecule has 1 amide bonds. The van der Waals surface area contributed by atoms with Crippen molar-refractivity contribution in [1.29, 1.82) is 0 Å². The number of pyridine rings is 1. The number of nitrogens with zero attached hydrogens (tertiary/aromatic N) is 5. The van der Waals surface area contributed by atoms with Crippen LogP contribution in [0.5, 0.6) is 0 Å². The largest absolute Gasteiger partial charge is 0.444 e. The van der Waals surface area contributed by atoms with Crippen LogP contribution < -0.4 is 5.32 Å². The molecule has 2 aliphatic heterocycles. The molecule has 1 N–H and O–H groups in total. The molecule has 2 bridgehead atoms. The standard InChI is InChI=1S/C36H48N6O4Si/c1-24-32(27-17-28-21-45-22-29(18-27)41(28)35(43)46-36(2,3)4)40-34-30(26-13-14-31(37-19-26)25-11-9-8-10-12-25)20-39-42(34)33(24)38-23-44-15-16-47(5,6)7/h8-14,19-20,27-29,38H,15-18,21-23H2,1-7H3. The van der Waals surface area contributed by atoms with Crippen LogP contribution in [-0.4, -0.2) is 82.9 Å². The molecule has 2 fully saturated rings. The van der Waals surface area contributed by atoms with Crippen LogP contribution in [0, 0.1) is 6.92 Å². The quantitative estimate of drug-likeness (QED) is 0.113. The van der Waals surface area contributed by atoms with E-state index in [0.717, 1.165) is 70.6 Å². The van der Waals surface area contributed by atoms with Gasteiger partial charge in [-0.15, -0.1) is 0 Å². The van der Waals surface area contributed by atoms with Crippen LogP contribution in [-0.2, 0) is 14.2 Å². The Kier molecular flexibility index (Phi) is 9.42. The van der Waals surface area contributed by atoms with Crippen molar-refractivity contribution in [1.82, 2.24) is 24.5 Å². The molecule has 0 aliphatic carbocycles. The summed E-state index contributed by atoms with van der Waals surface area (Å²) in [6.07, 6.45) is 4.98. The minimum Gasteiger partial charge on any atom is -0.444 e. The lowest BCUT2D eigenvalue weighted by molar-refractivity contribution is -0.0827. The van der Waals surface area contributed by atoms with Gasteiger partial charge in [-0.05, 0) is 52.6 Å². The van der Waals surface area contributed by atoms with Crippen LogP contribution in [0.2, 0.25) is 25.7 Å². The molecule has 2 unspecified atom stereocenters. The Morgan fingerprint density at radius 1 is 1.02 bits per heavy atom. The highest BCUT2D eigenvalue weighted by Crippen LogP contribution is 2.41. The minimum absolute atomic E-state index is 0.0832. The molecule has 0 saturated carbocycles. The maximum Gasteiger partial charge on any atom is 0.410 e. The summed E-state index contributed by atoms with van der Waals surface area (Å²) in [6, 6.07) is 15.2. The summed E-state index contributed by atoms with van der Waals surface area (Å²) in [6.45, 7) is 17.0. The molecule has 3 aromatic heterocycles. The van der Waals surface area contributed by atoms with Crippen molar-refractivity contribution in [3.8, 4) is 22.4 Å². The van der Waals surface area contributed by atoms with E-state index in [1.165, 1.54) is 0 Å². The van der Waals surface area contributed by atoms with Crippen molar-refractivity contribution in [3.63, 3.8) is 0 Å². The molecule has 4 aromatic rings. The van der Waals surface area contributed by atoms with Gasteiger partial charge in [0.05, 0.1) is 42.9 Å². The fraction of sp³-hybridized carbons (Fsp3) is 0.500. The fourth-order valence-electron chi connectivity index (χ4n) is 6.55. The summed E-state index contributed by atoms with van der Waals surface area (Å²) < 4.78 is 19.7. The molecule has 0 spiro atoms. The van der Waals surface area contributed by atoms with Gasteiger partial charge in [-0.1, -0.05) is 56.0 Å². The van der Waals surface area contributed by atoms with Crippen LogP contribution in [0.1, 0.15) is 50.8 Å². The number of aromatic nitrogens is 4. The number of carbonyl (C=O) groups excluding carboxylic acids is 1. The van der Waals surface area contributed by atoms with Gasteiger partial charge in [0.1, 0.15) is 18.1 Å². The maximum atomic E-state index is 13.3. The van der Waals surface area contributed by atoms with Gasteiger partial charge in [0.2, 0.25) is 0 Å². The SMILES string of the molecule is Cc1c(C2CC3COCC(C2)N3C(=O)OC(C)(C)C)nc2c(-c3ccc(-c4ccccc4)nc3)cnn2c1NCOCC[Si](C)(C)C. The van der Waals surface area contributed by atoms with E-state index in [1.807, 2.05) is 66.8 Å². The molecule has 2 aliphatic rings. The Balaban J connectivity index is 1.34. The van der Waals surface area contributed by atoms with Crippen LogP contribution >= 0.6 is 0 Å². The third kappa shape index (κ3) is 7.52. The monoisotopic (exact) mass is 656 g/mol. The first-order chi connectivity index (χ1) is 22.4. The van der Waals surface area contributed by atoms with Crippen molar-refractivity contribution in [2.24, 2.45) is 0 Å². The van der Waals surface area contributed by atoms with Gasteiger partial charge in [-0.2, -0.15) is 9.61 Å². The number of hydrogen-bond donors (Lipinski definition) is 1. The number of hydrogen-bond acceptors (Lipinski definition) is 8. The number of nitrogens with one attached hydrogen (secondary N) is 1. The molecular weight excluding hydrogens is 609 g/mol. The smallest absolute Gasteiger partial charge is 0.410 e. The summed E-state index contributed by atoms with van der Waals surface area (Å²) in [5, 5.41) is 8.36. The molecule has 0 radical (unpaired) electrons. The number of morpholine rings is 1. The minimum atomic E-state index is -1.20. The van der Waals surface area contributed by atoms with Gasteiger partial charge in [-0.25, -0.2) is 9.78 Å². The van der Waals surface area contributed by atoms with Crippen molar-refractivity contribution < 1.29 is 19.0 Å². The van der Waals surface area contributed by atoms with Crippen molar-refractivity contribution in [2.75, 3.05) is 31.9 Å². The first-order valence-corrected chi connectivity index (χ1v) is 20.4. The third-order valence-electron chi connectivity index (χ3n) is 8.91. The van der Waals surface area contributed by atoms with E-state index < -0.39 is 13.7 Å². The van der Waals surface area contributed by atoms with Crippen LogP contribution in [0.3, 0.4) is 0 Å². The number of ether oxygens (including phenoxy) is 3. The molecule has 2 atom stereocenters. The third-order valence-corrected chi connectivity index (χ3v) is 10.6. The van der Waals surface area contributed by atoms with Crippen molar-refractivity contribution in [3.05, 3.63) is 66.1 Å². The number of benzene rings is 1. The predicted octanol–water partition coefficient (Wildman–Crippen LogP) is 7.37. The second kappa shape index (κ2) is 13.4. The van der Waals surface area contributed by atoms with Crippen molar-refractivity contribution >= 4 is 25.6 Å². The second-order valence-electron chi connectivity index (χ2n) is 15.0. The van der Waals surface area contributed by atoms with E-state index in [2.05, 4.69) is 50.1 Å². The lowest BCUT2D eigenvalue weighted by Crippen LogP contribution is -2.59. The Hall–Kier alpha value is -3.80. The van der Waals surface area contributed by atoms with Crippen molar-refractivity contribution in [2.45, 2.75) is 89.8 Å². The maximum absolute atomic E-state index is 13.3. The van der Waals surface area contributed by atoms with E-state index in [1.54, 1.807) is 0 Å². The fourth-order valence-corrected chi connectivity index (χ4v) is 7.31. The van der Waals surface area contributed by atoms with E-state index in [4.69, 9.17) is 29.3 Å². The Labute approximate surface area is 278 Å². The topological polar surface area (TPSA) is 103 Å². The van der Waals surface area contributed by atoms with Gasteiger partial charge < -0.3 is 19.5 Å². The lowest BCUT2D eigenvalue weighted by atomic mass is 9.82. The van der Waals surface area contributed by atoms with Gasteiger partial charge in [-0.3, -0.25) is 9.88 Å². The van der Waals surface area contributed by atoms with Crippen LogP contribution in [0.25, 0.3) is 28.0 Å². The predicted molar refractivity (Wildman–Crippen MR) is 187 cm³/mol. The average Bonchev–Trinajstić information content (AvgIpc) is 3.44. The Morgan fingerprint density at radius 2 is 1.74 bits per heavy atom. The number of amides is 1. The first-order valence-electron chi connectivity index (χ1n) is 16.7. The molecule has 11 heteroatoms. The van der Waals surface area contributed by atoms with Gasteiger partial charge in [0, 0.05) is 49.0 Å². The number of carbonyl (C=O) groups is 1. The highest BCUT2D eigenvalue weighted by molar-refractivity contribution is 6.76. The molecule has 1 aromatic carbocycles. The zero-order valence-corrected chi connectivity index (χ0v) is 29.7. The summed E-state index contributed by atoms with van der Waals surface area (Å²) in [5.41, 5.74) is 6.10. The number of piperidine rings is 1. The molecule has 250 valence electrons. The lowest BCUT2D eigenvalue weighted by Gasteiger charge is -2.48. The summed E-state index contributed by atoms with van der Waals surface area (Å²) in [5.74, 6) is 1.00. The van der Waals surface area contributed by atoms with E-state index in [-0.39, 0.29) is 24.1 Å². The molecule has 5 heterocycles. The molecule has 47 heavy (non-hydrogen) atoms. The number of rotatable bonds is 9. The van der Waals surface area contributed by atoms with E-state index >= 15 is 0 Å². The average molecular weight is 657 g/mol. The molecule has 2 saturated heterocycles. The summed E-state index contributed by atoms with van der Waals surface area (Å²) in [7, 11) is -1.20.